The maximum Gasteiger partial charge on any atom is 0.252 e. The molecule has 0 aliphatic carbocycles. The fourth-order valence-electron chi connectivity index (χ4n) is 1.50. The molecule has 100 valence electrons. The van der Waals surface area contributed by atoms with E-state index in [2.05, 4.69) is 15.9 Å². The van der Waals surface area contributed by atoms with Gasteiger partial charge in [-0.25, -0.2) is 0 Å². The molecule has 0 aromatic heterocycles. The van der Waals surface area contributed by atoms with Crippen LogP contribution in [0.4, 0.5) is 0 Å². The molecule has 0 fully saturated rings. The fourth-order valence-corrected chi connectivity index (χ4v) is 1.86. The van der Waals surface area contributed by atoms with Crippen LogP contribution in [0.25, 0.3) is 0 Å². The van der Waals surface area contributed by atoms with Crippen molar-refractivity contribution in [1.29, 1.82) is 0 Å². The van der Waals surface area contributed by atoms with E-state index >= 15 is 0 Å². The van der Waals surface area contributed by atoms with E-state index in [4.69, 9.17) is 16.2 Å². The molecular weight excluding hydrogens is 296 g/mol. The lowest BCUT2D eigenvalue weighted by Crippen LogP contribution is -2.44. The normalized spacial score (nSPS) is 11.3. The quantitative estimate of drug-likeness (QED) is 0.846. The number of hydrogen-bond donors (Lipinski definition) is 2. The van der Waals surface area contributed by atoms with Crippen molar-refractivity contribution >= 4 is 21.8 Å². The van der Waals surface area contributed by atoms with Gasteiger partial charge in [0.25, 0.3) is 5.91 Å². The predicted octanol–water partition coefficient (Wildman–Crippen LogP) is 2.44. The fraction of sp³-hybridized carbons (Fsp3) is 0.462. The van der Waals surface area contributed by atoms with Gasteiger partial charge in [0.15, 0.2) is 0 Å². The average Bonchev–Trinajstić information content (AvgIpc) is 2.36. The molecule has 1 rings (SSSR count). The van der Waals surface area contributed by atoms with Gasteiger partial charge in [0.2, 0.25) is 0 Å². The molecule has 1 aromatic carbocycles. The van der Waals surface area contributed by atoms with Gasteiger partial charge in [-0.1, -0.05) is 29.8 Å². The lowest BCUT2D eigenvalue weighted by atomic mass is 9.95. The van der Waals surface area contributed by atoms with Gasteiger partial charge in [0, 0.05) is 10.0 Å². The lowest BCUT2D eigenvalue weighted by Gasteiger charge is -2.26. The van der Waals surface area contributed by atoms with Crippen LogP contribution in [0.1, 0.15) is 37.0 Å². The zero-order chi connectivity index (χ0) is 13.8. The van der Waals surface area contributed by atoms with E-state index in [1.165, 1.54) is 0 Å². The highest BCUT2D eigenvalue weighted by Gasteiger charge is 2.22. The van der Waals surface area contributed by atoms with Crippen molar-refractivity contribution in [1.82, 2.24) is 0 Å². The minimum Gasteiger partial charge on any atom is -0.491 e. The highest BCUT2D eigenvalue weighted by molar-refractivity contribution is 9.10. The first-order chi connectivity index (χ1) is 8.41. The van der Waals surface area contributed by atoms with Gasteiger partial charge in [-0.2, -0.15) is 0 Å². The summed E-state index contributed by atoms with van der Waals surface area (Å²) in [5.41, 5.74) is 11.5. The molecule has 1 aromatic rings. The van der Waals surface area contributed by atoms with Crippen molar-refractivity contribution in [3.63, 3.8) is 0 Å². The Labute approximate surface area is 116 Å². The standard InChI is InChI=1S/C13H19BrN2O2/c1-3-13(16,4-2)8-18-11-6-5-9(14)7-10(11)12(15)17/h5-7H,3-4,8,16H2,1-2H3,(H2,15,17). The number of ether oxygens (including phenoxy) is 1. The molecule has 5 heteroatoms. The van der Waals surface area contributed by atoms with Crippen molar-refractivity contribution < 1.29 is 9.53 Å². The van der Waals surface area contributed by atoms with Crippen LogP contribution < -0.4 is 16.2 Å². The zero-order valence-corrected chi connectivity index (χ0v) is 12.3. The van der Waals surface area contributed by atoms with Crippen LogP contribution in [0.2, 0.25) is 0 Å². The van der Waals surface area contributed by atoms with Crippen LogP contribution >= 0.6 is 15.9 Å². The third kappa shape index (κ3) is 3.71. The van der Waals surface area contributed by atoms with Crippen molar-refractivity contribution in [2.24, 2.45) is 11.5 Å². The highest BCUT2D eigenvalue weighted by Crippen LogP contribution is 2.24. The van der Waals surface area contributed by atoms with Crippen LogP contribution in [0.3, 0.4) is 0 Å². The number of rotatable bonds is 6. The summed E-state index contributed by atoms with van der Waals surface area (Å²) in [4.78, 5) is 11.3. The van der Waals surface area contributed by atoms with Crippen molar-refractivity contribution in [2.45, 2.75) is 32.2 Å². The van der Waals surface area contributed by atoms with Crippen molar-refractivity contribution in [3.05, 3.63) is 28.2 Å². The van der Waals surface area contributed by atoms with Crippen molar-refractivity contribution in [2.75, 3.05) is 6.61 Å². The number of hydrogen-bond acceptors (Lipinski definition) is 3. The Morgan fingerprint density at radius 1 is 1.39 bits per heavy atom. The first-order valence-electron chi connectivity index (χ1n) is 5.93. The number of halogens is 1. The van der Waals surface area contributed by atoms with Crippen LogP contribution in [0.15, 0.2) is 22.7 Å². The first kappa shape index (κ1) is 15.0. The van der Waals surface area contributed by atoms with E-state index in [1.807, 2.05) is 13.8 Å². The largest absolute Gasteiger partial charge is 0.491 e. The van der Waals surface area contributed by atoms with Gasteiger partial charge >= 0.3 is 0 Å². The first-order valence-corrected chi connectivity index (χ1v) is 6.72. The maximum atomic E-state index is 11.3. The van der Waals surface area contributed by atoms with Gasteiger partial charge in [-0.3, -0.25) is 4.79 Å². The Balaban J connectivity index is 2.88. The minimum atomic E-state index is -0.512. The van der Waals surface area contributed by atoms with Gasteiger partial charge in [0.1, 0.15) is 12.4 Å². The molecule has 0 aliphatic heterocycles. The Hall–Kier alpha value is -1.07. The SMILES string of the molecule is CCC(N)(CC)COc1ccc(Br)cc1C(N)=O. The number of carbonyl (C=O) groups excluding carboxylic acids is 1. The predicted molar refractivity (Wildman–Crippen MR) is 75.7 cm³/mol. The Morgan fingerprint density at radius 2 is 2.00 bits per heavy atom. The molecule has 0 heterocycles. The molecular formula is C13H19BrN2O2. The van der Waals surface area contributed by atoms with Gasteiger partial charge < -0.3 is 16.2 Å². The number of carbonyl (C=O) groups is 1. The van der Waals surface area contributed by atoms with E-state index in [1.54, 1.807) is 18.2 Å². The average molecular weight is 315 g/mol. The number of nitrogens with two attached hydrogens (primary N) is 2. The number of amides is 1. The monoisotopic (exact) mass is 314 g/mol. The van der Waals surface area contributed by atoms with Crippen LogP contribution in [-0.4, -0.2) is 18.1 Å². The van der Waals surface area contributed by atoms with E-state index in [0.29, 0.717) is 17.9 Å². The second kappa shape index (κ2) is 6.20. The van der Waals surface area contributed by atoms with Gasteiger partial charge in [-0.15, -0.1) is 0 Å². The summed E-state index contributed by atoms with van der Waals surface area (Å²) in [5, 5.41) is 0. The van der Waals surface area contributed by atoms with E-state index in [0.717, 1.165) is 17.3 Å². The van der Waals surface area contributed by atoms with E-state index in [9.17, 15) is 4.79 Å². The summed E-state index contributed by atoms with van der Waals surface area (Å²) in [6, 6.07) is 5.17. The summed E-state index contributed by atoms with van der Waals surface area (Å²) in [7, 11) is 0. The molecule has 18 heavy (non-hydrogen) atoms. The second-order valence-corrected chi connectivity index (χ2v) is 5.28. The summed E-state index contributed by atoms with van der Waals surface area (Å²) in [6.45, 7) is 4.40. The summed E-state index contributed by atoms with van der Waals surface area (Å²) in [5.74, 6) is -0.0376. The van der Waals surface area contributed by atoms with Gasteiger partial charge in [0.05, 0.1) is 5.56 Å². The molecule has 0 aliphatic rings. The topological polar surface area (TPSA) is 78.3 Å². The Morgan fingerprint density at radius 3 is 2.50 bits per heavy atom. The van der Waals surface area contributed by atoms with Crippen LogP contribution in [-0.2, 0) is 0 Å². The number of benzene rings is 1. The van der Waals surface area contributed by atoms with Crippen LogP contribution in [0.5, 0.6) is 5.75 Å². The molecule has 0 bridgehead atoms. The van der Waals surface area contributed by atoms with Gasteiger partial charge in [-0.05, 0) is 31.0 Å². The molecule has 0 spiro atoms. The molecule has 0 radical (unpaired) electrons. The van der Waals surface area contributed by atoms with E-state index in [-0.39, 0.29) is 5.54 Å². The Kier molecular flexibility index (Phi) is 5.16. The third-order valence-corrected chi connectivity index (χ3v) is 3.62. The second-order valence-electron chi connectivity index (χ2n) is 4.36. The third-order valence-electron chi connectivity index (χ3n) is 3.13. The molecule has 0 saturated carbocycles. The summed E-state index contributed by atoms with van der Waals surface area (Å²) in [6.07, 6.45) is 1.62. The lowest BCUT2D eigenvalue weighted by molar-refractivity contribution is 0.0994. The highest BCUT2D eigenvalue weighted by atomic mass is 79.9. The zero-order valence-electron chi connectivity index (χ0n) is 10.7. The molecule has 0 unspecified atom stereocenters. The number of primary amides is 1. The van der Waals surface area contributed by atoms with Crippen LogP contribution in [0, 0.1) is 0 Å². The van der Waals surface area contributed by atoms with Crippen molar-refractivity contribution in [3.8, 4) is 5.75 Å². The summed E-state index contributed by atoms with van der Waals surface area (Å²) < 4.78 is 6.44. The van der Waals surface area contributed by atoms with E-state index < -0.39 is 5.91 Å². The molecule has 4 N–H and O–H groups in total. The minimum absolute atomic E-state index is 0.360. The molecule has 1 amide bonds. The maximum absolute atomic E-state index is 11.3. The Bertz CT molecular complexity index is 431. The summed E-state index contributed by atoms with van der Waals surface area (Å²) >= 11 is 3.29. The molecule has 4 nitrogen and oxygen atoms in total. The molecule has 0 saturated heterocycles. The molecule has 0 atom stereocenters. The smallest absolute Gasteiger partial charge is 0.252 e.